The van der Waals surface area contributed by atoms with E-state index in [-0.39, 0.29) is 0 Å². The molecule has 4 aromatic heterocycles. The fourth-order valence-electron chi connectivity index (χ4n) is 3.41. The lowest BCUT2D eigenvalue weighted by molar-refractivity contribution is 0.453. The van der Waals surface area contributed by atoms with E-state index < -0.39 is 0 Å². The van der Waals surface area contributed by atoms with E-state index in [0.717, 1.165) is 65.2 Å². The van der Waals surface area contributed by atoms with Crippen molar-refractivity contribution in [1.29, 1.82) is 0 Å². The van der Waals surface area contributed by atoms with Crippen molar-refractivity contribution in [3.63, 3.8) is 0 Å². The Morgan fingerprint density at radius 1 is 1.12 bits per heavy atom. The number of fused-ring (bicyclic) bond motifs is 2. The second-order valence-electron chi connectivity index (χ2n) is 6.21. The van der Waals surface area contributed by atoms with Gasteiger partial charge in [0.2, 0.25) is 0 Å². The van der Waals surface area contributed by atoms with Gasteiger partial charge >= 0.3 is 0 Å². The zero-order valence-electron chi connectivity index (χ0n) is 13.1. The fourth-order valence-corrected chi connectivity index (χ4v) is 3.41. The molecular weight excluding hydrogens is 302 g/mol. The first-order valence-electron chi connectivity index (χ1n) is 8.24. The third-order valence-corrected chi connectivity index (χ3v) is 4.71. The van der Waals surface area contributed by atoms with Gasteiger partial charge in [0, 0.05) is 23.2 Å². The summed E-state index contributed by atoms with van der Waals surface area (Å²) in [6.45, 7) is 2.11. The average Bonchev–Trinajstić information content (AvgIpc) is 3.25. The predicted octanol–water partition coefficient (Wildman–Crippen LogP) is 2.36. The number of hydrogen-bond donors (Lipinski definition) is 3. The summed E-state index contributed by atoms with van der Waals surface area (Å²) in [5.41, 5.74) is 4.50. The summed E-state index contributed by atoms with van der Waals surface area (Å²) in [7, 11) is 0. The minimum Gasteiger partial charge on any atom is -0.321 e. The van der Waals surface area contributed by atoms with E-state index in [2.05, 4.69) is 41.5 Å². The monoisotopic (exact) mass is 319 g/mol. The lowest BCUT2D eigenvalue weighted by atomic mass is 9.93. The molecule has 5 heterocycles. The van der Waals surface area contributed by atoms with E-state index in [1.165, 1.54) is 0 Å². The molecule has 0 saturated carbocycles. The molecule has 0 aliphatic carbocycles. The molecule has 1 fully saturated rings. The van der Waals surface area contributed by atoms with Crippen LogP contribution in [0, 0.1) is 0 Å². The highest BCUT2D eigenvalue weighted by Crippen LogP contribution is 2.30. The third-order valence-electron chi connectivity index (χ3n) is 4.71. The van der Waals surface area contributed by atoms with Gasteiger partial charge in [-0.25, -0.2) is 9.97 Å². The Bertz CT molecular complexity index is 977. The summed E-state index contributed by atoms with van der Waals surface area (Å²) in [6.07, 6.45) is 5.89. The van der Waals surface area contributed by atoms with E-state index in [1.807, 2.05) is 18.3 Å². The molecule has 0 unspecified atom stereocenters. The third kappa shape index (κ3) is 2.16. The summed E-state index contributed by atoms with van der Waals surface area (Å²) in [5.74, 6) is 1.24. The summed E-state index contributed by atoms with van der Waals surface area (Å²) in [4.78, 5) is 16.8. The summed E-state index contributed by atoms with van der Waals surface area (Å²) in [6, 6.07) is 5.98. The van der Waals surface area contributed by atoms with Crippen molar-refractivity contribution in [2.45, 2.75) is 18.8 Å². The van der Waals surface area contributed by atoms with Gasteiger partial charge in [-0.3, -0.25) is 10.1 Å². The normalized spacial score (nSPS) is 16.2. The molecule has 7 heteroatoms. The lowest BCUT2D eigenvalue weighted by Crippen LogP contribution is -2.27. The Kier molecular flexibility index (Phi) is 3.05. The standard InChI is InChI=1S/C17H17N7/c1-2-12-16(19-5-1)22-17(21-12)15-11-8-13(10-3-6-18-7-4-10)20-9-14(11)23-24-15/h1-2,5,8-10,18H,3-4,6-7H2,(H,23,24)(H,19,21,22). The van der Waals surface area contributed by atoms with Crippen LogP contribution in [0.2, 0.25) is 0 Å². The Balaban J connectivity index is 1.62. The van der Waals surface area contributed by atoms with Crippen molar-refractivity contribution in [3.8, 4) is 11.5 Å². The molecule has 1 aliphatic heterocycles. The molecule has 0 bridgehead atoms. The maximum atomic E-state index is 4.64. The highest BCUT2D eigenvalue weighted by Gasteiger charge is 2.19. The Hall–Kier alpha value is -2.80. The summed E-state index contributed by atoms with van der Waals surface area (Å²) < 4.78 is 0. The maximum absolute atomic E-state index is 4.64. The molecule has 0 radical (unpaired) electrons. The van der Waals surface area contributed by atoms with Gasteiger partial charge in [-0.1, -0.05) is 0 Å². The smallest absolute Gasteiger partial charge is 0.160 e. The highest BCUT2D eigenvalue weighted by atomic mass is 15.1. The van der Waals surface area contributed by atoms with Crippen molar-refractivity contribution in [2.75, 3.05) is 13.1 Å². The molecule has 0 spiro atoms. The molecule has 0 atom stereocenters. The van der Waals surface area contributed by atoms with Gasteiger partial charge in [0.15, 0.2) is 11.5 Å². The first-order chi connectivity index (χ1) is 11.9. The van der Waals surface area contributed by atoms with Crippen LogP contribution in [0.1, 0.15) is 24.5 Å². The van der Waals surface area contributed by atoms with Gasteiger partial charge in [-0.05, 0) is 44.1 Å². The van der Waals surface area contributed by atoms with Crippen LogP contribution >= 0.6 is 0 Å². The number of rotatable bonds is 2. The van der Waals surface area contributed by atoms with Crippen LogP contribution in [0.3, 0.4) is 0 Å². The van der Waals surface area contributed by atoms with Gasteiger partial charge in [-0.15, -0.1) is 0 Å². The highest BCUT2D eigenvalue weighted by molar-refractivity contribution is 5.92. The SMILES string of the molecule is c1cnc2[nH]c(-c3n[nH]c4cnc(C5CCNCC5)cc34)nc2c1. The second kappa shape index (κ2) is 5.38. The molecule has 24 heavy (non-hydrogen) atoms. The van der Waals surface area contributed by atoms with Crippen LogP contribution in [-0.4, -0.2) is 43.2 Å². The summed E-state index contributed by atoms with van der Waals surface area (Å²) in [5, 5.41) is 12.0. The Labute approximate surface area is 137 Å². The molecule has 0 aromatic carbocycles. The van der Waals surface area contributed by atoms with Crippen LogP contribution in [0.4, 0.5) is 0 Å². The number of piperidine rings is 1. The van der Waals surface area contributed by atoms with Crippen LogP contribution in [0.25, 0.3) is 33.6 Å². The van der Waals surface area contributed by atoms with Gasteiger partial charge in [-0.2, -0.15) is 5.10 Å². The largest absolute Gasteiger partial charge is 0.321 e. The molecule has 3 N–H and O–H groups in total. The van der Waals surface area contributed by atoms with Crippen LogP contribution in [0.15, 0.2) is 30.6 Å². The van der Waals surface area contributed by atoms with Crippen LogP contribution < -0.4 is 5.32 Å². The fraction of sp³-hybridized carbons (Fsp3) is 0.294. The Morgan fingerprint density at radius 3 is 2.92 bits per heavy atom. The van der Waals surface area contributed by atoms with E-state index in [4.69, 9.17) is 0 Å². The Morgan fingerprint density at radius 2 is 2.04 bits per heavy atom. The topological polar surface area (TPSA) is 95.2 Å². The average molecular weight is 319 g/mol. The molecule has 120 valence electrons. The molecule has 7 nitrogen and oxygen atoms in total. The molecule has 4 aromatic rings. The zero-order chi connectivity index (χ0) is 15.9. The molecule has 5 rings (SSSR count). The minimum atomic E-state index is 0.510. The van der Waals surface area contributed by atoms with Gasteiger partial charge in [0.25, 0.3) is 0 Å². The van der Waals surface area contributed by atoms with E-state index in [1.54, 1.807) is 6.20 Å². The van der Waals surface area contributed by atoms with Crippen molar-refractivity contribution >= 4 is 22.1 Å². The first-order valence-corrected chi connectivity index (χ1v) is 8.24. The quantitative estimate of drug-likeness (QED) is 0.527. The number of nitrogens with one attached hydrogen (secondary N) is 3. The van der Waals surface area contributed by atoms with Crippen molar-refractivity contribution in [2.24, 2.45) is 0 Å². The zero-order valence-corrected chi connectivity index (χ0v) is 13.1. The van der Waals surface area contributed by atoms with E-state index in [0.29, 0.717) is 5.92 Å². The van der Waals surface area contributed by atoms with Crippen molar-refractivity contribution < 1.29 is 0 Å². The molecule has 1 saturated heterocycles. The van der Waals surface area contributed by atoms with Crippen molar-refractivity contribution in [3.05, 3.63) is 36.3 Å². The molecular formula is C17H17N7. The summed E-state index contributed by atoms with van der Waals surface area (Å²) >= 11 is 0. The number of imidazole rings is 1. The van der Waals surface area contributed by atoms with E-state index in [9.17, 15) is 0 Å². The maximum Gasteiger partial charge on any atom is 0.160 e. The van der Waals surface area contributed by atoms with E-state index >= 15 is 0 Å². The molecule has 1 aliphatic rings. The minimum absolute atomic E-state index is 0.510. The number of aromatic nitrogens is 6. The number of H-pyrrole nitrogens is 2. The predicted molar refractivity (Wildman–Crippen MR) is 91.6 cm³/mol. The molecule has 0 amide bonds. The number of pyridine rings is 2. The van der Waals surface area contributed by atoms with Crippen LogP contribution in [0.5, 0.6) is 0 Å². The van der Waals surface area contributed by atoms with Gasteiger partial charge in [0.05, 0.1) is 11.7 Å². The van der Waals surface area contributed by atoms with Crippen molar-refractivity contribution in [1.82, 2.24) is 35.5 Å². The number of aromatic amines is 2. The van der Waals surface area contributed by atoms with Crippen LogP contribution in [-0.2, 0) is 0 Å². The lowest BCUT2D eigenvalue weighted by Gasteiger charge is -2.21. The van der Waals surface area contributed by atoms with Gasteiger partial charge < -0.3 is 10.3 Å². The number of hydrogen-bond acceptors (Lipinski definition) is 5. The number of nitrogens with zero attached hydrogens (tertiary/aromatic N) is 4. The first kappa shape index (κ1) is 13.6. The second-order valence-corrected chi connectivity index (χ2v) is 6.21. The van der Waals surface area contributed by atoms with Gasteiger partial charge in [0.1, 0.15) is 11.2 Å².